The second-order valence-electron chi connectivity index (χ2n) is 4.17. The van der Waals surface area contributed by atoms with Crippen molar-refractivity contribution < 1.29 is 12.9 Å². The third-order valence-corrected chi connectivity index (χ3v) is 4.01. The summed E-state index contributed by atoms with van der Waals surface area (Å²) in [5.41, 5.74) is 6.71. The topological polar surface area (TPSA) is 116 Å². The molecular weight excluding hydrogens is 282 g/mol. The van der Waals surface area contributed by atoms with Crippen LogP contribution in [-0.4, -0.2) is 23.0 Å². The van der Waals surface area contributed by atoms with E-state index in [4.69, 9.17) is 10.3 Å². The van der Waals surface area contributed by atoms with Crippen LogP contribution in [0, 0.1) is 6.92 Å². The molecule has 3 rings (SSSR count). The van der Waals surface area contributed by atoms with Crippen molar-refractivity contribution in [3.05, 3.63) is 36.2 Å². The van der Waals surface area contributed by atoms with Crippen LogP contribution in [0.2, 0.25) is 0 Å². The third-order valence-electron chi connectivity index (χ3n) is 2.63. The molecule has 0 aliphatic rings. The van der Waals surface area contributed by atoms with Crippen molar-refractivity contribution in [2.45, 2.75) is 11.9 Å². The Balaban J connectivity index is 2.11. The highest BCUT2D eigenvalue weighted by Gasteiger charge is 2.25. The molecule has 0 saturated heterocycles. The maximum atomic E-state index is 12.4. The van der Waals surface area contributed by atoms with E-state index in [0.717, 1.165) is 0 Å². The van der Waals surface area contributed by atoms with E-state index in [1.54, 1.807) is 31.3 Å². The third kappa shape index (κ3) is 1.97. The number of nitrogens with zero attached hydrogens (tertiary/aromatic N) is 3. The number of nitrogen functional groups attached to an aromatic ring is 1. The van der Waals surface area contributed by atoms with Crippen LogP contribution in [0.25, 0.3) is 5.65 Å². The Hall–Kier alpha value is -2.55. The van der Waals surface area contributed by atoms with E-state index >= 15 is 0 Å². The van der Waals surface area contributed by atoms with E-state index in [-0.39, 0.29) is 16.7 Å². The number of fused-ring (bicyclic) bond motifs is 1. The van der Waals surface area contributed by atoms with Crippen LogP contribution >= 0.6 is 0 Å². The molecule has 3 aromatic rings. The number of pyridine rings is 1. The van der Waals surface area contributed by atoms with Gasteiger partial charge in [-0.1, -0.05) is 11.2 Å². The van der Waals surface area contributed by atoms with Gasteiger partial charge in [0.25, 0.3) is 10.0 Å². The van der Waals surface area contributed by atoms with E-state index in [9.17, 15) is 8.42 Å². The summed E-state index contributed by atoms with van der Waals surface area (Å²) in [5.74, 6) is -0.0623. The van der Waals surface area contributed by atoms with Crippen LogP contribution in [0.1, 0.15) is 5.69 Å². The highest BCUT2D eigenvalue weighted by atomic mass is 32.2. The summed E-state index contributed by atoms with van der Waals surface area (Å²) in [5, 5.41) is 3.47. The van der Waals surface area contributed by atoms with E-state index in [1.165, 1.54) is 10.5 Å². The van der Waals surface area contributed by atoms with Crippen molar-refractivity contribution in [3.63, 3.8) is 0 Å². The molecule has 0 aromatic carbocycles. The standard InChI is InChI=1S/C11H11N5O3S/c1-7-6-9(19-14-7)15-20(17,18)11-10(12)13-8-4-2-3-5-16(8)11/h2-6,15H,12H2,1H3. The molecule has 0 unspecified atom stereocenters. The average molecular weight is 293 g/mol. The number of rotatable bonds is 3. The molecule has 104 valence electrons. The van der Waals surface area contributed by atoms with Crippen LogP contribution < -0.4 is 10.5 Å². The number of aromatic nitrogens is 3. The molecule has 0 aliphatic carbocycles. The number of nitrogens with two attached hydrogens (primary N) is 1. The first kappa shape index (κ1) is 12.5. The zero-order valence-corrected chi connectivity index (χ0v) is 11.3. The highest BCUT2D eigenvalue weighted by Crippen LogP contribution is 2.23. The van der Waals surface area contributed by atoms with Gasteiger partial charge in [-0.15, -0.1) is 0 Å². The molecule has 20 heavy (non-hydrogen) atoms. The maximum absolute atomic E-state index is 12.4. The van der Waals surface area contributed by atoms with Gasteiger partial charge >= 0.3 is 0 Å². The minimum atomic E-state index is -3.92. The summed E-state index contributed by atoms with van der Waals surface area (Å²) in [6.45, 7) is 1.68. The Bertz CT molecular complexity index is 880. The molecule has 0 saturated carbocycles. The lowest BCUT2D eigenvalue weighted by Gasteiger charge is -2.04. The molecule has 3 heterocycles. The fourth-order valence-electron chi connectivity index (χ4n) is 1.85. The zero-order chi connectivity index (χ0) is 14.3. The summed E-state index contributed by atoms with van der Waals surface area (Å²) in [4.78, 5) is 4.00. The van der Waals surface area contributed by atoms with E-state index in [1.807, 2.05) is 0 Å². The molecule has 8 nitrogen and oxygen atoms in total. The molecule has 0 amide bonds. The van der Waals surface area contributed by atoms with Crippen molar-refractivity contribution in [2.75, 3.05) is 10.5 Å². The minimum absolute atomic E-state index is 0.0211. The first-order valence-corrected chi connectivity index (χ1v) is 7.14. The molecule has 0 atom stereocenters. The monoisotopic (exact) mass is 293 g/mol. The quantitative estimate of drug-likeness (QED) is 0.744. The molecule has 0 bridgehead atoms. The number of imidazole rings is 1. The van der Waals surface area contributed by atoms with Crippen molar-refractivity contribution in [3.8, 4) is 0 Å². The predicted octanol–water partition coefficient (Wildman–Crippen LogP) is 1.01. The fourth-order valence-corrected chi connectivity index (χ4v) is 3.04. The molecule has 0 aliphatic heterocycles. The lowest BCUT2D eigenvalue weighted by atomic mass is 10.5. The van der Waals surface area contributed by atoms with Gasteiger partial charge in [0.2, 0.25) is 10.9 Å². The van der Waals surface area contributed by atoms with Gasteiger partial charge < -0.3 is 10.3 Å². The van der Waals surface area contributed by atoms with Crippen molar-refractivity contribution in [1.29, 1.82) is 0 Å². The molecule has 3 N–H and O–H groups in total. The molecule has 0 fully saturated rings. The van der Waals surface area contributed by atoms with Gasteiger partial charge in [-0.05, 0) is 19.1 Å². The second kappa shape index (κ2) is 4.23. The van der Waals surface area contributed by atoms with Gasteiger partial charge in [0, 0.05) is 12.3 Å². The van der Waals surface area contributed by atoms with Crippen molar-refractivity contribution in [1.82, 2.24) is 14.5 Å². The maximum Gasteiger partial charge on any atom is 0.284 e. The Kier molecular flexibility index (Phi) is 2.64. The van der Waals surface area contributed by atoms with Crippen LogP contribution in [0.3, 0.4) is 0 Å². The van der Waals surface area contributed by atoms with Gasteiger partial charge in [-0.3, -0.25) is 4.40 Å². The summed E-state index contributed by atoms with van der Waals surface area (Å²) in [6, 6.07) is 6.56. The summed E-state index contributed by atoms with van der Waals surface area (Å²) in [6.07, 6.45) is 1.57. The number of nitrogens with one attached hydrogen (secondary N) is 1. The van der Waals surface area contributed by atoms with Crippen LogP contribution in [0.15, 0.2) is 40.0 Å². The predicted molar refractivity (Wildman–Crippen MR) is 71.7 cm³/mol. The Morgan fingerprint density at radius 2 is 2.20 bits per heavy atom. The first-order valence-electron chi connectivity index (χ1n) is 5.66. The van der Waals surface area contributed by atoms with Gasteiger partial charge in [-0.25, -0.2) is 9.71 Å². The molecule has 9 heteroatoms. The summed E-state index contributed by atoms with van der Waals surface area (Å²) < 4.78 is 33.2. The van der Waals surface area contributed by atoms with E-state index in [2.05, 4.69) is 14.9 Å². The van der Waals surface area contributed by atoms with Gasteiger partial charge in [0.1, 0.15) is 5.65 Å². The number of hydrogen-bond acceptors (Lipinski definition) is 6. The second-order valence-corrected chi connectivity index (χ2v) is 5.77. The Morgan fingerprint density at radius 3 is 2.90 bits per heavy atom. The van der Waals surface area contributed by atoms with Gasteiger partial charge in [0.15, 0.2) is 5.82 Å². The smallest absolute Gasteiger partial charge is 0.284 e. The lowest BCUT2D eigenvalue weighted by Crippen LogP contribution is -2.16. The van der Waals surface area contributed by atoms with Crippen LogP contribution in [-0.2, 0) is 10.0 Å². The largest absolute Gasteiger partial charge is 0.381 e. The number of aryl methyl sites for hydroxylation is 1. The Morgan fingerprint density at radius 1 is 1.40 bits per heavy atom. The minimum Gasteiger partial charge on any atom is -0.381 e. The first-order chi connectivity index (χ1) is 9.47. The number of anilines is 2. The molecular formula is C11H11N5O3S. The zero-order valence-electron chi connectivity index (χ0n) is 10.4. The summed E-state index contributed by atoms with van der Waals surface area (Å²) >= 11 is 0. The summed E-state index contributed by atoms with van der Waals surface area (Å²) in [7, 11) is -3.92. The molecule has 3 aromatic heterocycles. The molecule has 0 radical (unpaired) electrons. The highest BCUT2D eigenvalue weighted by molar-refractivity contribution is 7.92. The number of hydrogen-bond donors (Lipinski definition) is 2. The van der Waals surface area contributed by atoms with E-state index in [0.29, 0.717) is 11.3 Å². The van der Waals surface area contributed by atoms with Crippen LogP contribution in [0.4, 0.5) is 11.7 Å². The van der Waals surface area contributed by atoms with Gasteiger partial charge in [0.05, 0.1) is 5.69 Å². The normalized spacial score (nSPS) is 11.8. The van der Waals surface area contributed by atoms with E-state index < -0.39 is 10.0 Å². The average Bonchev–Trinajstić information content (AvgIpc) is 2.91. The van der Waals surface area contributed by atoms with Crippen molar-refractivity contribution in [2.24, 2.45) is 0 Å². The van der Waals surface area contributed by atoms with Gasteiger partial charge in [-0.2, -0.15) is 8.42 Å². The lowest BCUT2D eigenvalue weighted by molar-refractivity contribution is 0.430. The van der Waals surface area contributed by atoms with Crippen molar-refractivity contribution >= 4 is 27.4 Å². The fraction of sp³-hybridized carbons (Fsp3) is 0.0909. The van der Waals surface area contributed by atoms with Crippen LogP contribution in [0.5, 0.6) is 0 Å². The Labute approximate surface area is 114 Å². The molecule has 0 spiro atoms. The SMILES string of the molecule is Cc1cc(NS(=O)(=O)c2c(N)nc3ccccn23)on1. The number of sulfonamides is 1.